The first-order valence-electron chi connectivity index (χ1n) is 4.89. The van der Waals surface area contributed by atoms with Crippen LogP contribution in [-0.2, 0) is 0 Å². The molecule has 1 heterocycles. The Hall–Kier alpha value is -0.110. The van der Waals surface area contributed by atoms with Crippen molar-refractivity contribution in [3.8, 4) is 0 Å². The molecule has 0 radical (unpaired) electrons. The summed E-state index contributed by atoms with van der Waals surface area (Å²) >= 11 is -3.76. The van der Waals surface area contributed by atoms with Gasteiger partial charge in [-0.15, -0.1) is 0 Å². The fraction of sp³-hybridized carbons (Fsp3) is 0.600. The van der Waals surface area contributed by atoms with Gasteiger partial charge in [-0.25, -0.2) is 0 Å². The summed E-state index contributed by atoms with van der Waals surface area (Å²) < 4.78 is 24.5. The molecule has 0 aromatic rings. The summed E-state index contributed by atoms with van der Waals surface area (Å²) in [6.45, 7) is 6.68. The molecule has 0 aromatic heterocycles. The Labute approximate surface area is 100.0 Å². The number of allylic oxidation sites excluding steroid dienone is 2. The van der Waals surface area contributed by atoms with E-state index < -0.39 is 21.1 Å². The molecule has 0 spiro atoms. The van der Waals surface area contributed by atoms with Gasteiger partial charge in [-0.2, -0.15) is 0 Å². The molecule has 1 N–H and O–H groups in total. The van der Waals surface area contributed by atoms with Gasteiger partial charge >= 0.3 is 21.1 Å². The van der Waals surface area contributed by atoms with Crippen molar-refractivity contribution in [3.05, 3.63) is 23.9 Å². The molecule has 0 amide bonds. The third-order valence-corrected chi connectivity index (χ3v) is 1.99. The molecule has 15 heavy (non-hydrogen) atoms. The van der Waals surface area contributed by atoms with E-state index in [9.17, 15) is 0 Å². The van der Waals surface area contributed by atoms with Crippen LogP contribution in [0.4, 0.5) is 0 Å². The number of rotatable bonds is 3. The van der Waals surface area contributed by atoms with E-state index in [1.807, 2.05) is 0 Å². The topological polar surface area (TPSA) is 69.6 Å². The van der Waals surface area contributed by atoms with Gasteiger partial charge in [-0.3, -0.25) is 0 Å². The van der Waals surface area contributed by atoms with Crippen LogP contribution in [0, 0.1) is 0 Å². The minimum absolute atomic E-state index is 1.10. The van der Waals surface area contributed by atoms with Gasteiger partial charge in [0.05, 0.1) is 0 Å². The molecule has 0 atom stereocenters. The van der Waals surface area contributed by atoms with Crippen molar-refractivity contribution in [1.29, 1.82) is 0 Å². The van der Waals surface area contributed by atoms with Crippen LogP contribution in [0.1, 0.15) is 26.7 Å². The summed E-state index contributed by atoms with van der Waals surface area (Å²) in [6.07, 6.45) is 9.24. The first-order chi connectivity index (χ1) is 7.06. The number of halogens is 1. The van der Waals surface area contributed by atoms with Gasteiger partial charge in [0.15, 0.2) is 0 Å². The van der Waals surface area contributed by atoms with E-state index in [0.717, 1.165) is 6.54 Å². The molecule has 5 heteroatoms. The van der Waals surface area contributed by atoms with Gasteiger partial charge in [-0.1, -0.05) is 25.0 Å². The molecule has 1 rings (SSSR count). The van der Waals surface area contributed by atoms with Crippen molar-refractivity contribution in [2.45, 2.75) is 26.7 Å². The van der Waals surface area contributed by atoms with Crippen LogP contribution in [0.15, 0.2) is 23.9 Å². The maximum Gasteiger partial charge on any atom is 0.503 e. The van der Waals surface area contributed by atoms with Crippen LogP contribution >= 0.6 is 0 Å². The second-order valence-electron chi connectivity index (χ2n) is 3.31. The van der Waals surface area contributed by atoms with Crippen LogP contribution in [-0.4, -0.2) is 21.4 Å². The van der Waals surface area contributed by atoms with Crippen molar-refractivity contribution in [3.63, 3.8) is 0 Å². The number of unbranched alkanes of at least 4 members (excludes halogenated alkanes) is 1. The van der Waals surface area contributed by atoms with Gasteiger partial charge in [0.1, 0.15) is 0 Å². The number of hydrogen-bond acceptors (Lipinski definition) is 4. The van der Waals surface area contributed by atoms with Crippen molar-refractivity contribution >= 4 is 0 Å². The Morgan fingerprint density at radius 2 is 2.13 bits per heavy atom. The summed E-state index contributed by atoms with van der Waals surface area (Å²) in [5.74, 6) is 0. The summed E-state index contributed by atoms with van der Waals surface area (Å²) in [4.78, 5) is 2.36. The lowest BCUT2D eigenvalue weighted by Gasteiger charge is -2.21. The zero-order valence-electron chi connectivity index (χ0n) is 9.15. The summed E-state index contributed by atoms with van der Waals surface area (Å²) in [5.41, 5.74) is 1.39. The zero-order valence-corrected chi connectivity index (χ0v) is 11.3. The minimum atomic E-state index is -3.76. The van der Waals surface area contributed by atoms with E-state index >= 15 is 0 Å². The smallest absolute Gasteiger partial charge is 0.396 e. The Morgan fingerprint density at radius 1 is 1.53 bits per heavy atom. The molecule has 0 saturated carbocycles. The van der Waals surface area contributed by atoms with Crippen LogP contribution in [0.25, 0.3) is 0 Å². The Kier molecular flexibility index (Phi) is 9.07. The van der Waals surface area contributed by atoms with E-state index in [2.05, 4.69) is 37.1 Å². The second kappa shape index (κ2) is 9.14. The summed E-state index contributed by atoms with van der Waals surface area (Å²) in [5, 5.41) is 0. The van der Waals surface area contributed by atoms with Crippen LogP contribution in [0.5, 0.6) is 0 Å². The fourth-order valence-corrected chi connectivity index (χ4v) is 1.14. The number of hydrogen-bond donors (Lipinski definition) is 1. The molecule has 0 saturated heterocycles. The minimum Gasteiger partial charge on any atom is -0.396 e. The Balaban J connectivity index is 0.000000423. The molecule has 0 fully saturated rings. The molecular formula is C10H18INO3. The standard InChI is InChI=1S/C10H17N.HIO3/c1-3-4-7-11-8-5-10(2)6-9-11;2-1(3)4/h5-6,8H,3-4,7,9H2,1-2H3;2H. The molecule has 0 bridgehead atoms. The van der Waals surface area contributed by atoms with Gasteiger partial charge in [0, 0.05) is 13.1 Å². The molecule has 88 valence electrons. The Morgan fingerprint density at radius 3 is 2.53 bits per heavy atom. The van der Waals surface area contributed by atoms with E-state index in [-0.39, 0.29) is 0 Å². The van der Waals surface area contributed by atoms with E-state index in [1.54, 1.807) is 0 Å². The molecule has 0 aliphatic carbocycles. The van der Waals surface area contributed by atoms with Gasteiger partial charge in [0.2, 0.25) is 0 Å². The lowest BCUT2D eigenvalue weighted by atomic mass is 10.2. The highest BCUT2D eigenvalue weighted by atomic mass is 127. The molecule has 4 nitrogen and oxygen atoms in total. The van der Waals surface area contributed by atoms with E-state index in [4.69, 9.17) is 10.3 Å². The van der Waals surface area contributed by atoms with Crippen molar-refractivity contribution in [2.24, 2.45) is 0 Å². The predicted molar refractivity (Wildman–Crippen MR) is 51.6 cm³/mol. The van der Waals surface area contributed by atoms with E-state index in [1.165, 1.54) is 25.0 Å². The maximum absolute atomic E-state index is 8.68. The summed E-state index contributed by atoms with van der Waals surface area (Å²) in [7, 11) is 0. The molecular weight excluding hydrogens is 309 g/mol. The highest BCUT2D eigenvalue weighted by Gasteiger charge is 1.99. The normalized spacial score (nSPS) is 14.8. The Bertz CT molecular complexity index is 214. The monoisotopic (exact) mass is 327 g/mol. The van der Waals surface area contributed by atoms with Gasteiger partial charge in [0.25, 0.3) is 0 Å². The molecule has 1 aliphatic heterocycles. The van der Waals surface area contributed by atoms with E-state index in [0.29, 0.717) is 0 Å². The van der Waals surface area contributed by atoms with Crippen molar-refractivity contribution in [1.82, 2.24) is 4.90 Å². The van der Waals surface area contributed by atoms with Crippen LogP contribution < -0.4 is 27.9 Å². The first kappa shape index (κ1) is 14.9. The largest absolute Gasteiger partial charge is 0.503 e. The lowest BCUT2D eigenvalue weighted by molar-refractivity contribution is -1.63. The quantitative estimate of drug-likeness (QED) is 0.550. The number of nitrogens with zero attached hydrogens (tertiary/aromatic N) is 1. The highest BCUT2D eigenvalue weighted by molar-refractivity contribution is 5.19. The third-order valence-electron chi connectivity index (χ3n) is 1.99. The zero-order chi connectivity index (χ0) is 11.7. The molecule has 1 aliphatic rings. The molecule has 0 unspecified atom stereocenters. The second-order valence-corrected chi connectivity index (χ2v) is 4.46. The average Bonchev–Trinajstić information content (AvgIpc) is 2.16. The molecule has 0 aromatic carbocycles. The van der Waals surface area contributed by atoms with Crippen molar-refractivity contribution in [2.75, 3.05) is 13.1 Å². The first-order valence-corrected chi connectivity index (χ1v) is 7.62. The maximum atomic E-state index is 8.68. The fourth-order valence-electron chi connectivity index (χ4n) is 1.14. The SMILES string of the molecule is CCCCN1C=CC(C)=CC1.[O-][I+2]([O-])O. The van der Waals surface area contributed by atoms with Crippen LogP contribution in [0.3, 0.4) is 0 Å². The van der Waals surface area contributed by atoms with Gasteiger partial charge in [-0.05, 0) is 29.1 Å². The predicted octanol–water partition coefficient (Wildman–Crippen LogP) is -3.37. The lowest BCUT2D eigenvalue weighted by Crippen LogP contribution is -3.98. The van der Waals surface area contributed by atoms with Crippen LogP contribution in [0.2, 0.25) is 0 Å². The third kappa shape index (κ3) is 10.2. The van der Waals surface area contributed by atoms with Crippen molar-refractivity contribution < 1.29 is 31.4 Å². The summed E-state index contributed by atoms with van der Waals surface area (Å²) in [6, 6.07) is 0. The van der Waals surface area contributed by atoms with Gasteiger partial charge < -0.3 is 11.8 Å². The highest BCUT2D eigenvalue weighted by Crippen LogP contribution is 2.06. The average molecular weight is 327 g/mol.